The lowest BCUT2D eigenvalue weighted by atomic mass is 9.97. The van der Waals surface area contributed by atoms with Crippen molar-refractivity contribution in [3.05, 3.63) is 0 Å². The van der Waals surface area contributed by atoms with Crippen LogP contribution < -0.4 is 5.32 Å². The number of nitrogens with one attached hydrogen (secondary N) is 1. The third kappa shape index (κ3) is 4.60. The Morgan fingerprint density at radius 1 is 1.42 bits per heavy atom. The van der Waals surface area contributed by atoms with Crippen LogP contribution in [-0.4, -0.2) is 18.3 Å². The van der Waals surface area contributed by atoms with E-state index in [2.05, 4.69) is 5.32 Å². The third-order valence-corrected chi connectivity index (χ3v) is 2.29. The topological polar surface area (TPSA) is 29.1 Å². The minimum absolute atomic E-state index is 0.0975. The molecule has 1 atom stereocenters. The molecule has 1 unspecified atom stereocenters. The number of alkyl halides is 1. The second kappa shape index (κ2) is 6.30. The van der Waals surface area contributed by atoms with E-state index in [0.717, 1.165) is 6.42 Å². The summed E-state index contributed by atoms with van der Waals surface area (Å²) >= 11 is 5.48. The molecule has 0 aromatic rings. The van der Waals surface area contributed by atoms with Gasteiger partial charge in [0.15, 0.2) is 0 Å². The Balaban J connectivity index is 3.57. The molecule has 0 aromatic heterocycles. The Bertz CT molecular complexity index is 136. The van der Waals surface area contributed by atoms with Gasteiger partial charge in [0.25, 0.3) is 0 Å². The first kappa shape index (κ1) is 11.8. The van der Waals surface area contributed by atoms with Crippen molar-refractivity contribution in [2.45, 2.75) is 27.2 Å². The summed E-state index contributed by atoms with van der Waals surface area (Å²) in [7, 11) is 0. The lowest BCUT2D eigenvalue weighted by Gasteiger charge is -2.14. The maximum atomic E-state index is 11.3. The Labute approximate surface area is 79.7 Å². The lowest BCUT2D eigenvalue weighted by molar-refractivity contribution is -0.125. The average molecular weight is 192 g/mol. The highest BCUT2D eigenvalue weighted by molar-refractivity contribution is 6.17. The molecule has 0 radical (unpaired) electrons. The molecular formula is C9H18ClNO. The van der Waals surface area contributed by atoms with Crippen LogP contribution >= 0.6 is 11.6 Å². The number of rotatable bonds is 5. The number of amides is 1. The van der Waals surface area contributed by atoms with Gasteiger partial charge in [-0.15, -0.1) is 11.6 Å². The molecule has 0 rings (SSSR count). The highest BCUT2D eigenvalue weighted by Gasteiger charge is 2.15. The Kier molecular flexibility index (Phi) is 6.17. The summed E-state index contributed by atoms with van der Waals surface area (Å²) in [5.74, 6) is 1.24. The van der Waals surface area contributed by atoms with Crippen molar-refractivity contribution in [3.8, 4) is 0 Å². The molecule has 1 amide bonds. The second-order valence-electron chi connectivity index (χ2n) is 3.37. The van der Waals surface area contributed by atoms with E-state index < -0.39 is 0 Å². The molecule has 0 aliphatic heterocycles. The van der Waals surface area contributed by atoms with Crippen LogP contribution in [0.4, 0.5) is 0 Å². The molecule has 2 nitrogen and oxygen atoms in total. The van der Waals surface area contributed by atoms with Gasteiger partial charge in [-0.25, -0.2) is 0 Å². The van der Waals surface area contributed by atoms with Gasteiger partial charge in [0.2, 0.25) is 5.91 Å². The van der Waals surface area contributed by atoms with E-state index in [9.17, 15) is 4.79 Å². The summed E-state index contributed by atoms with van der Waals surface area (Å²) in [5.41, 5.74) is 0. The molecule has 0 aromatic carbocycles. The molecule has 0 heterocycles. The molecule has 0 saturated carbocycles. The molecule has 0 aliphatic carbocycles. The fraction of sp³-hybridized carbons (Fsp3) is 0.889. The summed E-state index contributed by atoms with van der Waals surface area (Å²) < 4.78 is 0. The summed E-state index contributed by atoms with van der Waals surface area (Å²) in [6, 6.07) is 0. The number of hydrogen-bond acceptors (Lipinski definition) is 1. The number of carbonyl (C=O) groups excluding carboxylic acids is 1. The van der Waals surface area contributed by atoms with Crippen LogP contribution in [0, 0.1) is 11.8 Å². The van der Waals surface area contributed by atoms with Crippen LogP contribution in [0.2, 0.25) is 0 Å². The summed E-state index contributed by atoms with van der Waals surface area (Å²) in [6.07, 6.45) is 0.845. The Morgan fingerprint density at radius 3 is 2.42 bits per heavy atom. The zero-order chi connectivity index (χ0) is 9.56. The SMILES string of the molecule is CC(C)C(C)C(=O)NCCCCl. The van der Waals surface area contributed by atoms with Crippen LogP contribution in [-0.2, 0) is 4.79 Å². The highest BCUT2D eigenvalue weighted by Crippen LogP contribution is 2.08. The first-order chi connectivity index (χ1) is 5.59. The fourth-order valence-electron chi connectivity index (χ4n) is 0.742. The number of halogens is 1. The molecular weight excluding hydrogens is 174 g/mol. The van der Waals surface area contributed by atoms with Crippen LogP contribution in [0.25, 0.3) is 0 Å². The highest BCUT2D eigenvalue weighted by atomic mass is 35.5. The Morgan fingerprint density at radius 2 is 2.00 bits per heavy atom. The van der Waals surface area contributed by atoms with E-state index in [1.54, 1.807) is 0 Å². The van der Waals surface area contributed by atoms with E-state index in [-0.39, 0.29) is 11.8 Å². The van der Waals surface area contributed by atoms with Crippen molar-refractivity contribution < 1.29 is 4.79 Å². The van der Waals surface area contributed by atoms with Crippen molar-refractivity contribution in [2.75, 3.05) is 12.4 Å². The number of hydrogen-bond donors (Lipinski definition) is 1. The quantitative estimate of drug-likeness (QED) is 0.523. The van der Waals surface area contributed by atoms with Crippen LogP contribution in [0.3, 0.4) is 0 Å². The molecule has 0 aliphatic rings. The maximum Gasteiger partial charge on any atom is 0.223 e. The molecule has 0 spiro atoms. The van der Waals surface area contributed by atoms with E-state index in [0.29, 0.717) is 18.3 Å². The molecule has 12 heavy (non-hydrogen) atoms. The van der Waals surface area contributed by atoms with Gasteiger partial charge in [-0.2, -0.15) is 0 Å². The third-order valence-electron chi connectivity index (χ3n) is 2.02. The van der Waals surface area contributed by atoms with E-state index >= 15 is 0 Å². The first-order valence-corrected chi connectivity index (χ1v) is 4.96. The van der Waals surface area contributed by atoms with Gasteiger partial charge in [0.1, 0.15) is 0 Å². The standard InChI is InChI=1S/C9H18ClNO/c1-7(2)8(3)9(12)11-6-4-5-10/h7-8H,4-6H2,1-3H3,(H,11,12). The molecule has 0 bridgehead atoms. The van der Waals surface area contributed by atoms with Gasteiger partial charge >= 0.3 is 0 Å². The predicted molar refractivity (Wildman–Crippen MR) is 52.3 cm³/mol. The summed E-state index contributed by atoms with van der Waals surface area (Å²) in [5, 5.41) is 2.84. The second-order valence-corrected chi connectivity index (χ2v) is 3.74. The normalized spacial score (nSPS) is 13.1. The van der Waals surface area contributed by atoms with Crippen LogP contribution in [0.15, 0.2) is 0 Å². The fourth-order valence-corrected chi connectivity index (χ4v) is 0.876. The van der Waals surface area contributed by atoms with Gasteiger partial charge in [-0.3, -0.25) is 4.79 Å². The smallest absolute Gasteiger partial charge is 0.223 e. The minimum Gasteiger partial charge on any atom is -0.356 e. The summed E-state index contributed by atoms with van der Waals surface area (Å²) in [6.45, 7) is 6.73. The molecule has 3 heteroatoms. The zero-order valence-electron chi connectivity index (χ0n) is 8.06. The largest absolute Gasteiger partial charge is 0.356 e. The van der Waals surface area contributed by atoms with Crippen molar-refractivity contribution >= 4 is 17.5 Å². The Hall–Kier alpha value is -0.240. The van der Waals surface area contributed by atoms with Crippen molar-refractivity contribution in [1.29, 1.82) is 0 Å². The van der Waals surface area contributed by atoms with Crippen molar-refractivity contribution in [1.82, 2.24) is 5.32 Å². The van der Waals surface area contributed by atoms with Gasteiger partial charge < -0.3 is 5.32 Å². The molecule has 0 fully saturated rings. The van der Waals surface area contributed by atoms with Crippen molar-refractivity contribution in [3.63, 3.8) is 0 Å². The zero-order valence-corrected chi connectivity index (χ0v) is 8.82. The van der Waals surface area contributed by atoms with Gasteiger partial charge in [-0.05, 0) is 12.3 Å². The van der Waals surface area contributed by atoms with Gasteiger partial charge in [-0.1, -0.05) is 20.8 Å². The van der Waals surface area contributed by atoms with Crippen molar-refractivity contribution in [2.24, 2.45) is 11.8 Å². The molecule has 72 valence electrons. The minimum atomic E-state index is 0.0975. The van der Waals surface area contributed by atoms with Gasteiger partial charge in [0.05, 0.1) is 0 Å². The monoisotopic (exact) mass is 191 g/mol. The van der Waals surface area contributed by atoms with Crippen LogP contribution in [0.1, 0.15) is 27.2 Å². The molecule has 0 saturated heterocycles. The van der Waals surface area contributed by atoms with E-state index in [1.165, 1.54) is 0 Å². The lowest BCUT2D eigenvalue weighted by Crippen LogP contribution is -2.32. The molecule has 1 N–H and O–H groups in total. The maximum absolute atomic E-state index is 11.3. The van der Waals surface area contributed by atoms with E-state index in [1.807, 2.05) is 20.8 Å². The first-order valence-electron chi connectivity index (χ1n) is 4.43. The van der Waals surface area contributed by atoms with Gasteiger partial charge in [0, 0.05) is 18.3 Å². The average Bonchev–Trinajstić information content (AvgIpc) is 2.03. The predicted octanol–water partition coefficient (Wildman–Crippen LogP) is 2.02. The van der Waals surface area contributed by atoms with E-state index in [4.69, 9.17) is 11.6 Å². The summed E-state index contributed by atoms with van der Waals surface area (Å²) in [4.78, 5) is 11.3. The van der Waals surface area contributed by atoms with Crippen LogP contribution in [0.5, 0.6) is 0 Å². The number of carbonyl (C=O) groups is 1.